The predicted octanol–water partition coefficient (Wildman–Crippen LogP) is 4.30. The van der Waals surface area contributed by atoms with Gasteiger partial charge in [-0.25, -0.2) is 0 Å². The van der Waals surface area contributed by atoms with Gasteiger partial charge in [-0.3, -0.25) is 4.79 Å². The van der Waals surface area contributed by atoms with Crippen LogP contribution in [0.3, 0.4) is 0 Å². The van der Waals surface area contributed by atoms with Gasteiger partial charge < -0.3 is 23.7 Å². The summed E-state index contributed by atoms with van der Waals surface area (Å²) in [7, 11) is 0. The zero-order valence-electron chi connectivity index (χ0n) is 19.5. The number of carbonyl (C=O) groups excluding carboxylic acids is 2. The maximum atomic E-state index is 13.5. The van der Waals surface area contributed by atoms with Gasteiger partial charge in [-0.05, 0) is 16.7 Å². The van der Waals surface area contributed by atoms with Crippen molar-refractivity contribution in [1.82, 2.24) is 0 Å². The van der Waals surface area contributed by atoms with Gasteiger partial charge in [0.15, 0.2) is 5.78 Å². The van der Waals surface area contributed by atoms with E-state index in [9.17, 15) is 9.59 Å². The van der Waals surface area contributed by atoms with Crippen molar-refractivity contribution in [1.29, 1.82) is 0 Å². The molecule has 3 aromatic carbocycles. The predicted molar refractivity (Wildman–Crippen MR) is 130 cm³/mol. The summed E-state index contributed by atoms with van der Waals surface area (Å²) >= 11 is 0. The molecule has 0 aromatic heterocycles. The van der Waals surface area contributed by atoms with Crippen LogP contribution in [0.2, 0.25) is 0 Å². The van der Waals surface area contributed by atoms with Crippen molar-refractivity contribution in [3.8, 4) is 0 Å². The van der Waals surface area contributed by atoms with Crippen molar-refractivity contribution in [3.63, 3.8) is 0 Å². The molecule has 0 spiro atoms. The van der Waals surface area contributed by atoms with Crippen molar-refractivity contribution in [2.45, 2.75) is 50.7 Å². The average Bonchev–Trinajstić information content (AvgIpc) is 2.90. The number of benzene rings is 3. The molecule has 1 aliphatic heterocycles. The van der Waals surface area contributed by atoms with Gasteiger partial charge in [0, 0.05) is 6.42 Å². The zero-order valence-corrected chi connectivity index (χ0v) is 19.5. The fraction of sp³-hybridized carbons (Fsp3) is 0.310. The van der Waals surface area contributed by atoms with Crippen LogP contribution >= 0.6 is 0 Å². The highest BCUT2D eigenvalue weighted by Gasteiger charge is 2.46. The Morgan fingerprint density at radius 3 is 1.77 bits per heavy atom. The Balaban J connectivity index is 1.48. The second kappa shape index (κ2) is 13.1. The fourth-order valence-electron chi connectivity index (χ4n) is 4.06. The monoisotopic (exact) mass is 474 g/mol. The maximum absolute atomic E-state index is 13.5. The molecule has 0 saturated carbocycles. The zero-order chi connectivity index (χ0) is 24.3. The lowest BCUT2D eigenvalue weighted by Gasteiger charge is -2.40. The van der Waals surface area contributed by atoms with Crippen LogP contribution in [0, 0.1) is 0 Å². The lowest BCUT2D eigenvalue weighted by Crippen LogP contribution is -2.58. The van der Waals surface area contributed by atoms with Crippen molar-refractivity contribution >= 4 is 12.1 Å². The van der Waals surface area contributed by atoms with E-state index in [2.05, 4.69) is 0 Å². The third-order valence-corrected chi connectivity index (χ3v) is 5.87. The Morgan fingerprint density at radius 1 is 0.714 bits per heavy atom. The van der Waals surface area contributed by atoms with Gasteiger partial charge in [0.25, 0.3) is 0 Å². The highest BCUT2D eigenvalue weighted by molar-refractivity contribution is 5.89. The third-order valence-electron chi connectivity index (χ3n) is 5.87. The average molecular weight is 475 g/mol. The smallest absolute Gasteiger partial charge is 0.195 e. The first-order chi connectivity index (χ1) is 17.2. The second-order valence-electron chi connectivity index (χ2n) is 8.45. The lowest BCUT2D eigenvalue weighted by molar-refractivity contribution is -0.211. The summed E-state index contributed by atoms with van der Waals surface area (Å²) in [5.74, 6) is -0.241. The summed E-state index contributed by atoms with van der Waals surface area (Å²) in [5.41, 5.74) is 2.90. The topological polar surface area (TPSA) is 71.1 Å². The SMILES string of the molecule is O=CC[C@H]1O[C@H](COCc2ccccc2)C(=O)[C@H](OCc2ccccc2)[C@H]1OCc1ccccc1. The van der Waals surface area contributed by atoms with E-state index in [0.29, 0.717) is 6.61 Å². The Hall–Kier alpha value is -3.16. The van der Waals surface area contributed by atoms with Gasteiger partial charge in [-0.2, -0.15) is 0 Å². The molecule has 0 N–H and O–H groups in total. The Morgan fingerprint density at radius 2 is 1.23 bits per heavy atom. The van der Waals surface area contributed by atoms with Crippen LogP contribution < -0.4 is 0 Å². The van der Waals surface area contributed by atoms with E-state index in [1.807, 2.05) is 91.0 Å². The van der Waals surface area contributed by atoms with Gasteiger partial charge in [0.2, 0.25) is 0 Å². The molecule has 0 bridgehead atoms. The number of hydrogen-bond donors (Lipinski definition) is 0. The Bertz CT molecular complexity index is 1040. The molecular weight excluding hydrogens is 444 g/mol. The minimum atomic E-state index is -0.886. The molecular formula is C29H30O6. The summed E-state index contributed by atoms with van der Waals surface area (Å²) in [6, 6.07) is 29.0. The van der Waals surface area contributed by atoms with Crippen molar-refractivity contribution in [3.05, 3.63) is 108 Å². The number of hydrogen-bond acceptors (Lipinski definition) is 6. The van der Waals surface area contributed by atoms with Crippen LogP contribution in [0.25, 0.3) is 0 Å². The molecule has 4 atom stereocenters. The molecule has 3 aromatic rings. The standard InChI is InChI=1S/C29H30O6/c30-17-16-25-28(33-19-23-12-6-2-7-13-23)29(34-20-24-14-8-3-9-15-24)27(31)26(35-25)21-32-18-22-10-4-1-5-11-22/h1-15,17,25-26,28-29H,16,18-21H2/t25-,26-,28+,29+/m1/s1. The van der Waals surface area contributed by atoms with Gasteiger partial charge in [0.05, 0.1) is 32.5 Å². The van der Waals surface area contributed by atoms with E-state index in [4.69, 9.17) is 18.9 Å². The number of ether oxygens (including phenoxy) is 4. The summed E-state index contributed by atoms with van der Waals surface area (Å²) in [6.45, 7) is 0.946. The number of Topliss-reactive ketones (excluding diaryl/α,β-unsaturated/α-hetero) is 1. The molecule has 4 rings (SSSR count). The quantitative estimate of drug-likeness (QED) is 0.365. The maximum Gasteiger partial charge on any atom is 0.195 e. The number of rotatable bonds is 12. The molecule has 6 heteroatoms. The van der Waals surface area contributed by atoms with Crippen LogP contribution in [0.1, 0.15) is 23.1 Å². The first kappa shape index (κ1) is 24.9. The molecule has 1 fully saturated rings. The molecule has 1 saturated heterocycles. The van der Waals surface area contributed by atoms with Crippen LogP contribution in [0.4, 0.5) is 0 Å². The highest BCUT2D eigenvalue weighted by atomic mass is 16.6. The van der Waals surface area contributed by atoms with E-state index in [1.54, 1.807) is 0 Å². The largest absolute Gasteiger partial charge is 0.374 e. The Labute approximate surface area is 205 Å². The van der Waals surface area contributed by atoms with Crippen molar-refractivity contribution in [2.24, 2.45) is 0 Å². The van der Waals surface area contributed by atoms with E-state index in [-0.39, 0.29) is 32.0 Å². The van der Waals surface area contributed by atoms with Crippen molar-refractivity contribution in [2.75, 3.05) is 6.61 Å². The van der Waals surface area contributed by atoms with Crippen molar-refractivity contribution < 1.29 is 28.5 Å². The van der Waals surface area contributed by atoms with Gasteiger partial charge in [-0.1, -0.05) is 91.0 Å². The van der Waals surface area contributed by atoms with Gasteiger partial charge >= 0.3 is 0 Å². The third kappa shape index (κ3) is 7.16. The second-order valence-corrected chi connectivity index (χ2v) is 8.45. The van der Waals surface area contributed by atoms with Gasteiger partial charge in [0.1, 0.15) is 24.6 Å². The number of ketones is 1. The molecule has 182 valence electrons. The van der Waals surface area contributed by atoms with Crippen LogP contribution in [0.15, 0.2) is 91.0 Å². The summed E-state index contributed by atoms with van der Waals surface area (Å²) < 4.78 is 24.1. The molecule has 6 nitrogen and oxygen atoms in total. The van der Waals surface area contributed by atoms with Crippen LogP contribution in [-0.4, -0.2) is 43.1 Å². The minimum absolute atomic E-state index is 0.0691. The first-order valence-electron chi connectivity index (χ1n) is 11.8. The fourth-order valence-corrected chi connectivity index (χ4v) is 4.06. The lowest BCUT2D eigenvalue weighted by atomic mass is 9.94. The normalized spacial score (nSPS) is 22.1. The van der Waals surface area contributed by atoms with E-state index < -0.39 is 24.4 Å². The van der Waals surface area contributed by atoms with E-state index >= 15 is 0 Å². The molecule has 1 aliphatic rings. The number of aldehydes is 1. The van der Waals surface area contributed by atoms with E-state index in [1.165, 1.54) is 0 Å². The first-order valence-corrected chi connectivity index (χ1v) is 11.8. The van der Waals surface area contributed by atoms with Gasteiger partial charge in [-0.15, -0.1) is 0 Å². The summed E-state index contributed by atoms with van der Waals surface area (Å²) in [4.78, 5) is 24.9. The molecule has 0 aliphatic carbocycles. The van der Waals surface area contributed by atoms with Crippen LogP contribution in [0.5, 0.6) is 0 Å². The number of carbonyl (C=O) groups is 2. The molecule has 0 radical (unpaired) electrons. The van der Waals surface area contributed by atoms with Crippen LogP contribution in [-0.2, 0) is 48.4 Å². The van der Waals surface area contributed by atoms with E-state index in [0.717, 1.165) is 23.0 Å². The molecule has 0 unspecified atom stereocenters. The Kier molecular flexibility index (Phi) is 9.32. The molecule has 1 heterocycles. The summed E-state index contributed by atoms with van der Waals surface area (Å²) in [5, 5.41) is 0. The molecule has 0 amide bonds. The minimum Gasteiger partial charge on any atom is -0.374 e. The molecule has 35 heavy (non-hydrogen) atoms. The highest BCUT2D eigenvalue weighted by Crippen LogP contribution is 2.27. The summed E-state index contributed by atoms with van der Waals surface area (Å²) in [6.07, 6.45) is -2.20.